The maximum Gasteiger partial charge on any atom is 0.264 e. The average Bonchev–Trinajstić information content (AvgIpc) is 2.84. The van der Waals surface area contributed by atoms with Gasteiger partial charge in [-0.1, -0.05) is 48.5 Å². The van der Waals surface area contributed by atoms with Crippen LogP contribution in [0.2, 0.25) is 0 Å². The molecular formula is C28H32N2O3S. The first-order valence-electron chi connectivity index (χ1n) is 11.8. The number of hydrogen-bond acceptors (Lipinski definition) is 3. The monoisotopic (exact) mass is 476 g/mol. The molecule has 0 bridgehead atoms. The Labute approximate surface area is 202 Å². The number of rotatable bonds is 7. The van der Waals surface area contributed by atoms with Gasteiger partial charge in [-0.3, -0.25) is 9.10 Å². The summed E-state index contributed by atoms with van der Waals surface area (Å²) in [7, 11) is -3.93. The molecule has 1 aliphatic carbocycles. The summed E-state index contributed by atoms with van der Waals surface area (Å²) in [5.41, 5.74) is 6.10. The Bertz CT molecular complexity index is 1290. The lowest BCUT2D eigenvalue weighted by Crippen LogP contribution is -2.42. The molecule has 0 saturated heterocycles. The fraction of sp³-hybridized carbons (Fsp3) is 0.321. The average molecular weight is 477 g/mol. The number of amides is 1. The van der Waals surface area contributed by atoms with Gasteiger partial charge in [-0.2, -0.15) is 0 Å². The number of nitrogens with one attached hydrogen (secondary N) is 1. The third kappa shape index (κ3) is 5.02. The molecule has 0 heterocycles. The molecule has 3 aromatic rings. The minimum absolute atomic E-state index is 0.159. The number of fused-ring (bicyclic) bond motifs is 1. The summed E-state index contributed by atoms with van der Waals surface area (Å²) >= 11 is 0. The third-order valence-corrected chi connectivity index (χ3v) is 8.49. The first kappa shape index (κ1) is 24.0. The number of benzene rings is 3. The summed E-state index contributed by atoms with van der Waals surface area (Å²) in [6.07, 6.45) is 4.60. The quantitative estimate of drug-likeness (QED) is 0.506. The molecule has 0 saturated carbocycles. The van der Waals surface area contributed by atoms with Crippen LogP contribution < -0.4 is 9.62 Å². The number of hydrogen-bond donors (Lipinski definition) is 1. The van der Waals surface area contributed by atoms with E-state index < -0.39 is 10.0 Å². The van der Waals surface area contributed by atoms with Crippen molar-refractivity contribution in [2.75, 3.05) is 10.8 Å². The van der Waals surface area contributed by atoms with Crippen molar-refractivity contribution in [3.05, 3.63) is 94.5 Å². The van der Waals surface area contributed by atoms with Gasteiger partial charge in [0.1, 0.15) is 6.54 Å². The van der Waals surface area contributed by atoms with E-state index in [4.69, 9.17) is 0 Å². The highest BCUT2D eigenvalue weighted by atomic mass is 32.2. The summed E-state index contributed by atoms with van der Waals surface area (Å²) in [5, 5.41) is 3.02. The van der Waals surface area contributed by atoms with Gasteiger partial charge >= 0.3 is 0 Å². The highest BCUT2D eigenvalue weighted by Gasteiger charge is 2.29. The molecule has 0 aromatic heterocycles. The van der Waals surface area contributed by atoms with Crippen LogP contribution >= 0.6 is 0 Å². The van der Waals surface area contributed by atoms with Gasteiger partial charge in [-0.05, 0) is 92.5 Å². The van der Waals surface area contributed by atoms with Crippen molar-refractivity contribution in [2.24, 2.45) is 0 Å². The number of carbonyl (C=O) groups is 1. The van der Waals surface area contributed by atoms with Crippen LogP contribution in [0.15, 0.2) is 71.6 Å². The fourth-order valence-electron chi connectivity index (χ4n) is 4.55. The topological polar surface area (TPSA) is 66.5 Å². The van der Waals surface area contributed by atoms with Crippen molar-refractivity contribution >= 4 is 21.6 Å². The largest absolute Gasteiger partial charge is 0.348 e. The molecule has 5 nitrogen and oxygen atoms in total. The van der Waals surface area contributed by atoms with Crippen molar-refractivity contribution in [3.63, 3.8) is 0 Å². The van der Waals surface area contributed by atoms with E-state index in [0.717, 1.165) is 29.5 Å². The van der Waals surface area contributed by atoms with Crippen LogP contribution in [0.1, 0.15) is 53.6 Å². The Morgan fingerprint density at radius 2 is 1.65 bits per heavy atom. The van der Waals surface area contributed by atoms with E-state index in [1.54, 1.807) is 36.4 Å². The van der Waals surface area contributed by atoms with Crippen LogP contribution in [0.25, 0.3) is 0 Å². The molecule has 0 radical (unpaired) electrons. The molecule has 178 valence electrons. The molecule has 1 amide bonds. The van der Waals surface area contributed by atoms with Crippen LogP contribution in [0.4, 0.5) is 5.69 Å². The van der Waals surface area contributed by atoms with E-state index in [9.17, 15) is 13.2 Å². The van der Waals surface area contributed by atoms with E-state index in [1.807, 2.05) is 32.9 Å². The lowest BCUT2D eigenvalue weighted by atomic mass is 9.89. The van der Waals surface area contributed by atoms with E-state index in [1.165, 1.54) is 28.3 Å². The molecule has 4 rings (SSSR count). The molecule has 0 spiro atoms. The first-order chi connectivity index (χ1) is 16.3. The van der Waals surface area contributed by atoms with Gasteiger partial charge in [0.25, 0.3) is 10.0 Å². The molecule has 1 aliphatic rings. The minimum Gasteiger partial charge on any atom is -0.348 e. The van der Waals surface area contributed by atoms with E-state index >= 15 is 0 Å². The van der Waals surface area contributed by atoms with E-state index in [-0.39, 0.29) is 23.4 Å². The number of nitrogens with zero attached hydrogens (tertiary/aromatic N) is 1. The standard InChI is InChI=1S/C28H32N2O3S/c1-20-10-9-15-27(21(20)2)30(34(32,33)26-13-5-4-6-14-26)19-28(31)29-22(3)24-17-16-23-11-7-8-12-25(23)18-24/h4-6,9-10,13-18,22H,7-8,11-12,19H2,1-3H3,(H,29,31)/t22-/m1/s1. The second-order valence-corrected chi connectivity index (χ2v) is 10.9. The van der Waals surface area contributed by atoms with Gasteiger partial charge in [0.05, 0.1) is 16.6 Å². The van der Waals surface area contributed by atoms with E-state index in [2.05, 4.69) is 23.5 Å². The number of sulfonamides is 1. The predicted molar refractivity (Wildman–Crippen MR) is 137 cm³/mol. The zero-order chi connectivity index (χ0) is 24.3. The summed E-state index contributed by atoms with van der Waals surface area (Å²) in [6.45, 7) is 5.46. The highest BCUT2D eigenvalue weighted by molar-refractivity contribution is 7.92. The number of aryl methyl sites for hydroxylation is 3. The van der Waals surface area contributed by atoms with Gasteiger partial charge in [0, 0.05) is 0 Å². The number of anilines is 1. The summed E-state index contributed by atoms with van der Waals surface area (Å²) < 4.78 is 28.4. The number of carbonyl (C=O) groups excluding carboxylic acids is 1. The highest BCUT2D eigenvalue weighted by Crippen LogP contribution is 2.29. The smallest absolute Gasteiger partial charge is 0.264 e. The van der Waals surface area contributed by atoms with Crippen LogP contribution in [0.3, 0.4) is 0 Å². The first-order valence-corrected chi connectivity index (χ1v) is 13.3. The Morgan fingerprint density at radius 3 is 2.38 bits per heavy atom. The van der Waals surface area contributed by atoms with Gasteiger partial charge in [0.15, 0.2) is 0 Å². The van der Waals surface area contributed by atoms with Gasteiger partial charge in [-0.25, -0.2) is 8.42 Å². The normalized spacial score (nSPS) is 14.2. The van der Waals surface area contributed by atoms with Crippen molar-refractivity contribution < 1.29 is 13.2 Å². The fourth-order valence-corrected chi connectivity index (χ4v) is 6.05. The molecular weight excluding hydrogens is 444 g/mol. The molecule has 3 aromatic carbocycles. The van der Waals surface area contributed by atoms with Gasteiger partial charge in [0.2, 0.25) is 5.91 Å². The zero-order valence-corrected chi connectivity index (χ0v) is 20.9. The predicted octanol–water partition coefficient (Wildman–Crippen LogP) is 5.25. The van der Waals surface area contributed by atoms with Crippen LogP contribution in [-0.2, 0) is 27.7 Å². The van der Waals surface area contributed by atoms with Crippen LogP contribution in [0.5, 0.6) is 0 Å². The van der Waals surface area contributed by atoms with Crippen LogP contribution in [0, 0.1) is 13.8 Å². The molecule has 1 N–H and O–H groups in total. The Kier molecular flexibility index (Phi) is 7.08. The van der Waals surface area contributed by atoms with Gasteiger partial charge in [-0.15, -0.1) is 0 Å². The summed E-state index contributed by atoms with van der Waals surface area (Å²) in [6, 6.07) is 20.0. The van der Waals surface area contributed by atoms with Crippen molar-refractivity contribution in [1.29, 1.82) is 0 Å². The summed E-state index contributed by atoms with van der Waals surface area (Å²) in [5.74, 6) is -0.342. The van der Waals surface area contributed by atoms with Crippen molar-refractivity contribution in [3.8, 4) is 0 Å². The molecule has 34 heavy (non-hydrogen) atoms. The molecule has 6 heteroatoms. The SMILES string of the molecule is Cc1cccc(N(CC(=O)N[C@H](C)c2ccc3c(c2)CCCC3)S(=O)(=O)c2ccccc2)c1C. The Balaban J connectivity index is 1.60. The Hall–Kier alpha value is -3.12. The molecule has 1 atom stereocenters. The maximum atomic E-state index is 13.6. The van der Waals surface area contributed by atoms with Crippen molar-refractivity contribution in [2.45, 2.75) is 57.4 Å². The van der Waals surface area contributed by atoms with E-state index in [0.29, 0.717) is 5.69 Å². The van der Waals surface area contributed by atoms with Crippen molar-refractivity contribution in [1.82, 2.24) is 5.32 Å². The second-order valence-electron chi connectivity index (χ2n) is 9.07. The third-order valence-electron chi connectivity index (χ3n) is 6.71. The minimum atomic E-state index is -3.93. The lowest BCUT2D eigenvalue weighted by Gasteiger charge is -2.27. The maximum absolute atomic E-state index is 13.6. The van der Waals surface area contributed by atoms with Gasteiger partial charge < -0.3 is 5.32 Å². The molecule has 0 fully saturated rings. The second kappa shape index (κ2) is 10.0. The van der Waals surface area contributed by atoms with Crippen LogP contribution in [-0.4, -0.2) is 20.9 Å². The molecule has 0 aliphatic heterocycles. The lowest BCUT2D eigenvalue weighted by molar-refractivity contribution is -0.120. The molecule has 0 unspecified atom stereocenters. The Morgan fingerprint density at radius 1 is 0.941 bits per heavy atom. The zero-order valence-electron chi connectivity index (χ0n) is 20.0. The summed E-state index contributed by atoms with van der Waals surface area (Å²) in [4.78, 5) is 13.3.